The van der Waals surface area contributed by atoms with Gasteiger partial charge in [-0.25, -0.2) is 0 Å². The lowest BCUT2D eigenvalue weighted by Crippen LogP contribution is -2.47. The van der Waals surface area contributed by atoms with Crippen LogP contribution in [0.2, 0.25) is 0 Å². The molecular formula is C16H26N2O2. The average Bonchev–Trinajstić information content (AvgIpc) is 2.46. The molecule has 1 aliphatic rings. The van der Waals surface area contributed by atoms with E-state index in [9.17, 15) is 0 Å². The van der Waals surface area contributed by atoms with Crippen LogP contribution in [0.5, 0.6) is 5.75 Å². The molecule has 0 aliphatic carbocycles. The van der Waals surface area contributed by atoms with Crippen LogP contribution in [0.1, 0.15) is 19.4 Å². The summed E-state index contributed by atoms with van der Waals surface area (Å²) in [6.07, 6.45) is 0.166. The number of hydrogen-bond donors (Lipinski definition) is 1. The number of ether oxygens (including phenoxy) is 2. The summed E-state index contributed by atoms with van der Waals surface area (Å²) in [4.78, 5) is 2.44. The highest BCUT2D eigenvalue weighted by atomic mass is 16.5. The van der Waals surface area contributed by atoms with E-state index in [4.69, 9.17) is 9.47 Å². The van der Waals surface area contributed by atoms with Gasteiger partial charge in [-0.05, 0) is 38.6 Å². The molecule has 4 heteroatoms. The zero-order valence-electron chi connectivity index (χ0n) is 12.8. The Morgan fingerprint density at radius 2 is 2.30 bits per heavy atom. The predicted molar refractivity (Wildman–Crippen MR) is 81.1 cm³/mol. The molecule has 4 nitrogen and oxygen atoms in total. The highest BCUT2D eigenvalue weighted by Gasteiger charge is 2.22. The third kappa shape index (κ3) is 4.47. The van der Waals surface area contributed by atoms with Crippen molar-refractivity contribution < 1.29 is 9.47 Å². The van der Waals surface area contributed by atoms with Gasteiger partial charge in [0.05, 0.1) is 6.61 Å². The van der Waals surface area contributed by atoms with Crippen LogP contribution in [-0.4, -0.2) is 50.4 Å². The Morgan fingerprint density at radius 1 is 1.45 bits per heavy atom. The summed E-state index contributed by atoms with van der Waals surface area (Å²) in [6, 6.07) is 8.78. The van der Waals surface area contributed by atoms with Crippen molar-refractivity contribution >= 4 is 0 Å². The van der Waals surface area contributed by atoms with Gasteiger partial charge < -0.3 is 14.8 Å². The molecule has 20 heavy (non-hydrogen) atoms. The van der Waals surface area contributed by atoms with Crippen LogP contribution in [0.25, 0.3) is 0 Å². The lowest BCUT2D eigenvalue weighted by Gasteiger charge is -2.35. The summed E-state index contributed by atoms with van der Waals surface area (Å²) >= 11 is 0. The summed E-state index contributed by atoms with van der Waals surface area (Å²) in [6.45, 7) is 8.70. The second-order valence-electron chi connectivity index (χ2n) is 5.57. The highest BCUT2D eigenvalue weighted by Crippen LogP contribution is 2.15. The first kappa shape index (κ1) is 15.3. The molecule has 2 rings (SSSR count). The lowest BCUT2D eigenvalue weighted by atomic mass is 10.2. The van der Waals surface area contributed by atoms with E-state index in [1.807, 2.05) is 19.2 Å². The number of rotatable bonds is 6. The number of morpholine rings is 1. The largest absolute Gasteiger partial charge is 0.491 e. The molecule has 112 valence electrons. The van der Waals surface area contributed by atoms with Crippen molar-refractivity contribution in [2.24, 2.45) is 0 Å². The Kier molecular flexibility index (Phi) is 5.83. The first-order valence-electron chi connectivity index (χ1n) is 7.41. The molecular weight excluding hydrogens is 252 g/mol. The van der Waals surface area contributed by atoms with E-state index >= 15 is 0 Å². The van der Waals surface area contributed by atoms with Crippen molar-refractivity contribution in [3.05, 3.63) is 29.8 Å². The van der Waals surface area contributed by atoms with Crippen LogP contribution < -0.4 is 10.1 Å². The van der Waals surface area contributed by atoms with Crippen molar-refractivity contribution in [1.82, 2.24) is 10.2 Å². The third-order valence-corrected chi connectivity index (χ3v) is 3.62. The van der Waals surface area contributed by atoms with E-state index in [2.05, 4.69) is 36.2 Å². The van der Waals surface area contributed by atoms with Crippen LogP contribution >= 0.6 is 0 Å². The quantitative estimate of drug-likeness (QED) is 0.861. The topological polar surface area (TPSA) is 33.7 Å². The second-order valence-corrected chi connectivity index (χ2v) is 5.57. The molecule has 1 atom stereocenters. The van der Waals surface area contributed by atoms with Crippen LogP contribution in [0, 0.1) is 0 Å². The third-order valence-electron chi connectivity index (χ3n) is 3.62. The maximum absolute atomic E-state index is 5.88. The standard InChI is InChI=1S/C16H26N2O2/c1-13(2)18-7-8-19-16(11-18)12-20-15-6-4-5-14(9-15)10-17-3/h4-6,9,13,16-17H,7-8,10-12H2,1-3H3. The molecule has 1 aromatic carbocycles. The minimum Gasteiger partial charge on any atom is -0.491 e. The van der Waals surface area contributed by atoms with E-state index in [-0.39, 0.29) is 6.10 Å². The van der Waals surface area contributed by atoms with Gasteiger partial charge >= 0.3 is 0 Å². The van der Waals surface area contributed by atoms with Crippen molar-refractivity contribution in [3.8, 4) is 5.75 Å². The summed E-state index contributed by atoms with van der Waals surface area (Å²) in [5, 5.41) is 3.15. The van der Waals surface area contributed by atoms with Gasteiger partial charge in [-0.3, -0.25) is 4.90 Å². The zero-order valence-corrected chi connectivity index (χ0v) is 12.8. The maximum atomic E-state index is 5.88. The van der Waals surface area contributed by atoms with Gasteiger partial charge in [-0.15, -0.1) is 0 Å². The second kappa shape index (κ2) is 7.62. The minimum atomic E-state index is 0.166. The zero-order chi connectivity index (χ0) is 14.4. The fourth-order valence-corrected chi connectivity index (χ4v) is 2.45. The van der Waals surface area contributed by atoms with Crippen molar-refractivity contribution in [2.45, 2.75) is 32.5 Å². The van der Waals surface area contributed by atoms with Crippen molar-refractivity contribution in [1.29, 1.82) is 0 Å². The van der Waals surface area contributed by atoms with Crippen LogP contribution in [-0.2, 0) is 11.3 Å². The molecule has 0 aromatic heterocycles. The Labute approximate surface area is 122 Å². The highest BCUT2D eigenvalue weighted by molar-refractivity contribution is 5.28. The first-order chi connectivity index (χ1) is 9.69. The normalized spacial score (nSPS) is 20.3. The molecule has 0 radical (unpaired) electrons. The van der Waals surface area contributed by atoms with Gasteiger partial charge in [0.2, 0.25) is 0 Å². The van der Waals surface area contributed by atoms with E-state index in [0.29, 0.717) is 12.6 Å². The molecule has 0 bridgehead atoms. The first-order valence-corrected chi connectivity index (χ1v) is 7.41. The Balaban J connectivity index is 1.83. The molecule has 0 spiro atoms. The number of hydrogen-bond acceptors (Lipinski definition) is 4. The van der Waals surface area contributed by atoms with E-state index in [1.54, 1.807) is 0 Å². The fraction of sp³-hybridized carbons (Fsp3) is 0.625. The predicted octanol–water partition coefficient (Wildman–Crippen LogP) is 1.89. The Morgan fingerprint density at radius 3 is 3.05 bits per heavy atom. The monoisotopic (exact) mass is 278 g/mol. The van der Waals surface area contributed by atoms with E-state index < -0.39 is 0 Å². The van der Waals surface area contributed by atoms with Crippen LogP contribution in [0.15, 0.2) is 24.3 Å². The van der Waals surface area contributed by atoms with Crippen LogP contribution in [0.4, 0.5) is 0 Å². The number of benzene rings is 1. The Bertz CT molecular complexity index is 409. The van der Waals surface area contributed by atoms with Crippen LogP contribution in [0.3, 0.4) is 0 Å². The average molecular weight is 278 g/mol. The Hall–Kier alpha value is -1.10. The fourth-order valence-electron chi connectivity index (χ4n) is 2.45. The van der Waals surface area contributed by atoms with Gasteiger partial charge in [0.25, 0.3) is 0 Å². The summed E-state index contributed by atoms with van der Waals surface area (Å²) in [5.41, 5.74) is 1.23. The van der Waals surface area contributed by atoms with Gasteiger partial charge in [0, 0.05) is 25.7 Å². The van der Waals surface area contributed by atoms with E-state index in [1.165, 1.54) is 5.56 Å². The lowest BCUT2D eigenvalue weighted by molar-refractivity contribution is -0.0564. The van der Waals surface area contributed by atoms with Gasteiger partial charge in [0.15, 0.2) is 0 Å². The SMILES string of the molecule is CNCc1cccc(OCC2CN(C(C)C)CCO2)c1. The molecule has 1 N–H and O–H groups in total. The van der Waals surface area contributed by atoms with E-state index in [0.717, 1.165) is 32.0 Å². The number of nitrogens with zero attached hydrogens (tertiary/aromatic N) is 1. The minimum absolute atomic E-state index is 0.166. The molecule has 1 aliphatic heterocycles. The molecule has 1 aromatic rings. The van der Waals surface area contributed by atoms with Crippen molar-refractivity contribution in [2.75, 3.05) is 33.4 Å². The van der Waals surface area contributed by atoms with Gasteiger partial charge in [-0.1, -0.05) is 12.1 Å². The molecule has 1 fully saturated rings. The maximum Gasteiger partial charge on any atom is 0.119 e. The smallest absolute Gasteiger partial charge is 0.119 e. The van der Waals surface area contributed by atoms with Gasteiger partial charge in [-0.2, -0.15) is 0 Å². The molecule has 0 saturated carbocycles. The summed E-state index contributed by atoms with van der Waals surface area (Å²) < 4.78 is 11.7. The van der Waals surface area contributed by atoms with Crippen molar-refractivity contribution in [3.63, 3.8) is 0 Å². The number of nitrogens with one attached hydrogen (secondary N) is 1. The molecule has 1 unspecified atom stereocenters. The molecule has 1 saturated heterocycles. The molecule has 0 amide bonds. The van der Waals surface area contributed by atoms with Gasteiger partial charge in [0.1, 0.15) is 18.5 Å². The summed E-state index contributed by atoms with van der Waals surface area (Å²) in [7, 11) is 1.95. The summed E-state index contributed by atoms with van der Waals surface area (Å²) in [5.74, 6) is 0.919. The molecule has 1 heterocycles.